The lowest BCUT2D eigenvalue weighted by atomic mass is 10.1. The Kier molecular flexibility index (Phi) is 7.30. The smallest absolute Gasteiger partial charge is 0.341 e. The normalized spacial score (nSPS) is 11.6. The molecule has 1 aromatic carbocycles. The van der Waals surface area contributed by atoms with E-state index in [-0.39, 0.29) is 19.3 Å². The maximum atomic E-state index is 10.4. The van der Waals surface area contributed by atoms with Gasteiger partial charge in [0.15, 0.2) is 6.61 Å². The number of carboxylic acid groups (broad SMARTS) is 1. The van der Waals surface area contributed by atoms with Crippen LogP contribution in [0.3, 0.4) is 0 Å². The zero-order chi connectivity index (χ0) is 15.7. The monoisotopic (exact) mass is 291 g/mol. The van der Waals surface area contributed by atoms with Crippen LogP contribution in [0, 0.1) is 11.8 Å². The van der Waals surface area contributed by atoms with Crippen molar-refractivity contribution >= 4 is 5.97 Å². The minimum Gasteiger partial charge on any atom is -0.482 e. The van der Waals surface area contributed by atoms with Gasteiger partial charge in [0, 0.05) is 6.04 Å². The first-order valence-electron chi connectivity index (χ1n) is 6.71. The lowest BCUT2D eigenvalue weighted by molar-refractivity contribution is -0.139. The molecule has 0 aliphatic heterocycles. The van der Waals surface area contributed by atoms with E-state index in [0.29, 0.717) is 18.7 Å². The molecule has 0 fully saturated rings. The number of hydrogen-bond acceptors (Lipinski definition) is 4. The summed E-state index contributed by atoms with van der Waals surface area (Å²) in [5, 5.41) is 18.0. The van der Waals surface area contributed by atoms with E-state index < -0.39 is 5.97 Å². The van der Waals surface area contributed by atoms with Crippen molar-refractivity contribution in [2.24, 2.45) is 0 Å². The molecular formula is C16H21NO4. The van der Waals surface area contributed by atoms with Crippen molar-refractivity contribution in [2.75, 3.05) is 26.8 Å². The van der Waals surface area contributed by atoms with Crippen molar-refractivity contribution in [1.82, 2.24) is 4.90 Å². The Balaban J connectivity index is 2.59. The number of aliphatic hydroxyl groups is 1. The summed E-state index contributed by atoms with van der Waals surface area (Å²) in [4.78, 5) is 12.4. The number of aliphatic hydroxyl groups excluding tert-OH is 1. The molecular weight excluding hydrogens is 270 g/mol. The Morgan fingerprint density at radius 3 is 2.57 bits per heavy atom. The Bertz CT molecular complexity index is 501. The third kappa shape index (κ3) is 6.30. The summed E-state index contributed by atoms with van der Waals surface area (Å²) in [6.45, 7) is 2.11. The highest BCUT2D eigenvalue weighted by Crippen LogP contribution is 2.14. The molecule has 0 bridgehead atoms. The number of benzene rings is 1. The summed E-state index contributed by atoms with van der Waals surface area (Å²) in [6.07, 6.45) is 0.692. The van der Waals surface area contributed by atoms with Crippen LogP contribution < -0.4 is 4.74 Å². The van der Waals surface area contributed by atoms with Crippen LogP contribution in [0.4, 0.5) is 0 Å². The van der Waals surface area contributed by atoms with Crippen LogP contribution >= 0.6 is 0 Å². The number of nitrogens with zero attached hydrogens (tertiary/aromatic N) is 1. The van der Waals surface area contributed by atoms with E-state index in [0.717, 1.165) is 5.56 Å². The fraction of sp³-hybridized carbons (Fsp3) is 0.438. The molecule has 114 valence electrons. The predicted octanol–water partition coefficient (Wildman–Crippen LogP) is 1.01. The Morgan fingerprint density at radius 1 is 1.38 bits per heavy atom. The topological polar surface area (TPSA) is 70.0 Å². The van der Waals surface area contributed by atoms with Gasteiger partial charge < -0.3 is 14.9 Å². The van der Waals surface area contributed by atoms with Crippen molar-refractivity contribution in [1.29, 1.82) is 0 Å². The molecule has 0 aliphatic rings. The van der Waals surface area contributed by atoms with Gasteiger partial charge in [0.25, 0.3) is 0 Å². The third-order valence-corrected chi connectivity index (χ3v) is 3.10. The van der Waals surface area contributed by atoms with E-state index >= 15 is 0 Å². The molecule has 21 heavy (non-hydrogen) atoms. The molecule has 5 heteroatoms. The minimum atomic E-state index is -1.00. The molecule has 5 nitrogen and oxygen atoms in total. The van der Waals surface area contributed by atoms with Gasteiger partial charge in [-0.05, 0) is 38.1 Å². The van der Waals surface area contributed by atoms with Gasteiger partial charge in [0.1, 0.15) is 5.75 Å². The van der Waals surface area contributed by atoms with Gasteiger partial charge in [-0.1, -0.05) is 18.1 Å². The SMILES string of the molecule is CC#CCN(C)[C@H](CO)Cc1ccc(OCC(=O)O)cc1. The maximum absolute atomic E-state index is 10.4. The molecule has 0 aromatic heterocycles. The molecule has 1 rings (SSSR count). The van der Waals surface area contributed by atoms with Crippen LogP contribution in [-0.4, -0.2) is 53.9 Å². The highest BCUT2D eigenvalue weighted by molar-refractivity contribution is 5.68. The molecule has 2 N–H and O–H groups in total. The summed E-state index contributed by atoms with van der Waals surface area (Å²) < 4.78 is 5.08. The van der Waals surface area contributed by atoms with E-state index in [1.165, 1.54) is 0 Å². The van der Waals surface area contributed by atoms with Gasteiger partial charge in [-0.2, -0.15) is 0 Å². The Morgan fingerprint density at radius 2 is 2.05 bits per heavy atom. The first-order valence-corrected chi connectivity index (χ1v) is 6.71. The summed E-state index contributed by atoms with van der Waals surface area (Å²) in [5.74, 6) is 5.33. The predicted molar refractivity (Wildman–Crippen MR) is 80.2 cm³/mol. The van der Waals surface area contributed by atoms with Crippen molar-refractivity contribution in [3.63, 3.8) is 0 Å². The van der Waals surface area contributed by atoms with Gasteiger partial charge >= 0.3 is 5.97 Å². The van der Waals surface area contributed by atoms with E-state index in [9.17, 15) is 9.90 Å². The van der Waals surface area contributed by atoms with Crippen molar-refractivity contribution in [3.05, 3.63) is 29.8 Å². The molecule has 1 atom stereocenters. The van der Waals surface area contributed by atoms with Crippen molar-refractivity contribution in [3.8, 4) is 17.6 Å². The first kappa shape index (κ1) is 17.0. The number of carbonyl (C=O) groups is 1. The average molecular weight is 291 g/mol. The van der Waals surface area contributed by atoms with Crippen LogP contribution in [0.25, 0.3) is 0 Å². The van der Waals surface area contributed by atoms with Crippen LogP contribution in [-0.2, 0) is 11.2 Å². The van der Waals surface area contributed by atoms with Gasteiger partial charge in [-0.25, -0.2) is 4.79 Å². The van der Waals surface area contributed by atoms with Gasteiger partial charge in [0.05, 0.1) is 13.2 Å². The number of rotatable bonds is 8. The molecule has 0 saturated carbocycles. The molecule has 0 radical (unpaired) electrons. The Labute approximate surface area is 125 Å². The zero-order valence-corrected chi connectivity index (χ0v) is 12.4. The minimum absolute atomic E-state index is 0.00311. The second-order valence-electron chi connectivity index (χ2n) is 4.71. The number of hydrogen-bond donors (Lipinski definition) is 2. The third-order valence-electron chi connectivity index (χ3n) is 3.10. The first-order chi connectivity index (χ1) is 10.1. The quantitative estimate of drug-likeness (QED) is 0.700. The maximum Gasteiger partial charge on any atom is 0.341 e. The second kappa shape index (κ2) is 9.01. The average Bonchev–Trinajstić information content (AvgIpc) is 2.49. The van der Waals surface area contributed by atoms with Crippen molar-refractivity contribution in [2.45, 2.75) is 19.4 Å². The Hall–Kier alpha value is -2.03. The van der Waals surface area contributed by atoms with E-state index in [1.807, 2.05) is 24.1 Å². The molecule has 0 unspecified atom stereocenters. The highest BCUT2D eigenvalue weighted by atomic mass is 16.5. The molecule has 0 spiro atoms. The van der Waals surface area contributed by atoms with Crippen LogP contribution in [0.1, 0.15) is 12.5 Å². The van der Waals surface area contributed by atoms with E-state index in [2.05, 4.69) is 11.8 Å². The summed E-state index contributed by atoms with van der Waals surface area (Å²) in [7, 11) is 1.93. The summed E-state index contributed by atoms with van der Waals surface area (Å²) >= 11 is 0. The van der Waals surface area contributed by atoms with Gasteiger partial charge in [-0.15, -0.1) is 5.92 Å². The number of carboxylic acids is 1. The fourth-order valence-corrected chi connectivity index (χ4v) is 1.83. The largest absolute Gasteiger partial charge is 0.482 e. The zero-order valence-electron chi connectivity index (χ0n) is 12.4. The summed E-state index contributed by atoms with van der Waals surface area (Å²) in [6, 6.07) is 7.21. The molecule has 0 saturated heterocycles. The van der Waals surface area contributed by atoms with Crippen molar-refractivity contribution < 1.29 is 19.7 Å². The number of likely N-dealkylation sites (N-methyl/N-ethyl adjacent to an activating group) is 1. The highest BCUT2D eigenvalue weighted by Gasteiger charge is 2.13. The van der Waals surface area contributed by atoms with Crippen LogP contribution in [0.2, 0.25) is 0 Å². The fourth-order valence-electron chi connectivity index (χ4n) is 1.83. The molecule has 0 amide bonds. The number of aliphatic carboxylic acids is 1. The molecule has 0 heterocycles. The number of ether oxygens (including phenoxy) is 1. The molecule has 1 aromatic rings. The van der Waals surface area contributed by atoms with Crippen LogP contribution in [0.15, 0.2) is 24.3 Å². The second-order valence-corrected chi connectivity index (χ2v) is 4.71. The van der Waals surface area contributed by atoms with Crippen LogP contribution in [0.5, 0.6) is 5.75 Å². The van der Waals surface area contributed by atoms with E-state index in [1.54, 1.807) is 19.1 Å². The van der Waals surface area contributed by atoms with Gasteiger partial charge in [-0.3, -0.25) is 4.90 Å². The lowest BCUT2D eigenvalue weighted by Crippen LogP contribution is -2.36. The lowest BCUT2D eigenvalue weighted by Gasteiger charge is -2.24. The molecule has 0 aliphatic carbocycles. The van der Waals surface area contributed by atoms with E-state index in [4.69, 9.17) is 9.84 Å². The standard InChI is InChI=1S/C16H21NO4/c1-3-4-9-17(2)14(11-18)10-13-5-7-15(8-6-13)21-12-16(19)20/h5-8,14,18H,9-12H2,1-2H3,(H,19,20)/t14-/m0/s1. The summed E-state index contributed by atoms with van der Waals surface area (Å²) in [5.41, 5.74) is 1.05. The van der Waals surface area contributed by atoms with Gasteiger partial charge in [0.2, 0.25) is 0 Å².